The van der Waals surface area contributed by atoms with Crippen LogP contribution in [-0.4, -0.2) is 58.0 Å². The monoisotopic (exact) mass is 425 g/mol. The van der Waals surface area contributed by atoms with Crippen LogP contribution >= 0.6 is 0 Å². The minimum absolute atomic E-state index is 0.00968. The maximum atomic E-state index is 12.5. The zero-order valence-corrected chi connectivity index (χ0v) is 18.0. The van der Waals surface area contributed by atoms with Crippen LogP contribution in [-0.2, 0) is 24.3 Å². The van der Waals surface area contributed by atoms with Gasteiger partial charge in [-0.3, -0.25) is 9.59 Å². The van der Waals surface area contributed by atoms with Crippen LogP contribution in [0.5, 0.6) is 0 Å². The van der Waals surface area contributed by atoms with E-state index in [1.54, 1.807) is 17.0 Å². The molecular formula is C20H31N3O5S. The van der Waals surface area contributed by atoms with Crippen molar-refractivity contribution in [3.63, 3.8) is 0 Å². The number of carbonyl (C=O) groups is 2. The summed E-state index contributed by atoms with van der Waals surface area (Å²) in [5.74, 6) is -0.591. The molecule has 0 unspecified atom stereocenters. The number of anilines is 1. The van der Waals surface area contributed by atoms with Crippen molar-refractivity contribution in [1.29, 1.82) is 0 Å². The summed E-state index contributed by atoms with van der Waals surface area (Å²) in [6, 6.07) is 6.01. The van der Waals surface area contributed by atoms with Crippen LogP contribution < -0.4 is 10.0 Å². The van der Waals surface area contributed by atoms with Crippen molar-refractivity contribution in [3.8, 4) is 0 Å². The van der Waals surface area contributed by atoms with Gasteiger partial charge in [0.2, 0.25) is 21.8 Å². The van der Waals surface area contributed by atoms with Gasteiger partial charge >= 0.3 is 0 Å². The number of hydrogen-bond acceptors (Lipinski definition) is 5. The number of amides is 2. The molecule has 2 rings (SSSR count). The molecule has 8 nitrogen and oxygen atoms in total. The predicted molar refractivity (Wildman–Crippen MR) is 111 cm³/mol. The number of carbonyl (C=O) groups excluding carboxylic acids is 2. The average Bonchev–Trinajstić information content (AvgIpc) is 3.07. The fourth-order valence-corrected chi connectivity index (χ4v) is 4.16. The van der Waals surface area contributed by atoms with Gasteiger partial charge in [-0.2, -0.15) is 0 Å². The summed E-state index contributed by atoms with van der Waals surface area (Å²) in [6.07, 6.45) is 2.73. The Hall–Kier alpha value is -1.97. The molecule has 1 aliphatic rings. The molecule has 162 valence electrons. The molecule has 1 fully saturated rings. The average molecular weight is 426 g/mol. The van der Waals surface area contributed by atoms with Crippen molar-refractivity contribution in [1.82, 2.24) is 9.62 Å². The highest BCUT2D eigenvalue weighted by Gasteiger charge is 2.33. The Morgan fingerprint density at radius 2 is 1.93 bits per heavy atom. The lowest BCUT2D eigenvalue weighted by atomic mass is 10.1. The zero-order chi connectivity index (χ0) is 21.3. The predicted octanol–water partition coefficient (Wildman–Crippen LogP) is 1.98. The smallest absolute Gasteiger partial charge is 0.240 e. The number of benzene rings is 1. The Bertz CT molecular complexity index is 780. The first-order valence-electron chi connectivity index (χ1n) is 10.1. The van der Waals surface area contributed by atoms with E-state index in [-0.39, 0.29) is 29.0 Å². The van der Waals surface area contributed by atoms with Crippen molar-refractivity contribution in [2.24, 2.45) is 5.92 Å². The first-order valence-corrected chi connectivity index (χ1v) is 11.6. The lowest BCUT2D eigenvalue weighted by molar-refractivity contribution is -0.128. The highest BCUT2D eigenvalue weighted by molar-refractivity contribution is 7.89. The van der Waals surface area contributed by atoms with E-state index >= 15 is 0 Å². The molecule has 0 aliphatic carbocycles. The third-order valence-electron chi connectivity index (χ3n) is 4.76. The van der Waals surface area contributed by atoms with Gasteiger partial charge in [0.25, 0.3) is 0 Å². The standard InChI is InChI=1S/C20H31N3O5S/c1-3-5-12-23-15-16(14-19(23)24)20(25)22-17-7-9-18(10-8-17)29(26,27)21-11-6-13-28-4-2/h7-10,16,21H,3-6,11-15H2,1-2H3,(H,22,25)/t16-/m1/s1. The van der Waals surface area contributed by atoms with Gasteiger partial charge in [0.1, 0.15) is 0 Å². The number of nitrogens with zero attached hydrogens (tertiary/aromatic N) is 1. The minimum atomic E-state index is -3.60. The molecule has 9 heteroatoms. The van der Waals surface area contributed by atoms with Crippen molar-refractivity contribution < 1.29 is 22.7 Å². The Labute approximate surface area is 173 Å². The third kappa shape index (κ3) is 7.09. The van der Waals surface area contributed by atoms with Gasteiger partial charge in [0.15, 0.2) is 0 Å². The Kier molecular flexibility index (Phi) is 9.06. The van der Waals surface area contributed by atoms with Crippen LogP contribution in [0, 0.1) is 5.92 Å². The Morgan fingerprint density at radius 1 is 1.21 bits per heavy atom. The molecule has 1 aromatic rings. The van der Waals surface area contributed by atoms with Crippen LogP contribution in [0.3, 0.4) is 0 Å². The van der Waals surface area contributed by atoms with E-state index in [4.69, 9.17) is 4.74 Å². The maximum absolute atomic E-state index is 12.5. The first-order chi connectivity index (χ1) is 13.9. The molecule has 1 heterocycles. The number of likely N-dealkylation sites (tertiary alicyclic amines) is 1. The van der Waals surface area contributed by atoms with Crippen LogP contribution in [0.25, 0.3) is 0 Å². The summed E-state index contributed by atoms with van der Waals surface area (Å²) in [4.78, 5) is 26.3. The van der Waals surface area contributed by atoms with Gasteiger partial charge in [-0.15, -0.1) is 0 Å². The number of nitrogens with one attached hydrogen (secondary N) is 2. The second-order valence-corrected chi connectivity index (χ2v) is 8.82. The highest BCUT2D eigenvalue weighted by Crippen LogP contribution is 2.21. The lowest BCUT2D eigenvalue weighted by Gasteiger charge is -2.16. The molecule has 0 spiro atoms. The van der Waals surface area contributed by atoms with Crippen LogP contribution in [0.4, 0.5) is 5.69 Å². The van der Waals surface area contributed by atoms with Crippen molar-refractivity contribution in [2.75, 3.05) is 38.2 Å². The van der Waals surface area contributed by atoms with E-state index in [2.05, 4.69) is 17.0 Å². The second kappa shape index (κ2) is 11.3. The molecule has 2 N–H and O–H groups in total. The summed E-state index contributed by atoms with van der Waals surface area (Å²) in [6.45, 7) is 6.47. The molecule has 1 atom stereocenters. The van der Waals surface area contributed by atoms with Gasteiger partial charge in [-0.25, -0.2) is 13.1 Å². The van der Waals surface area contributed by atoms with E-state index in [0.717, 1.165) is 12.8 Å². The molecule has 2 amide bonds. The van der Waals surface area contributed by atoms with Gasteiger partial charge in [-0.05, 0) is 44.0 Å². The van der Waals surface area contributed by atoms with Crippen LogP contribution in [0.2, 0.25) is 0 Å². The molecular weight excluding hydrogens is 394 g/mol. The normalized spacial score (nSPS) is 17.0. The topological polar surface area (TPSA) is 105 Å². The molecule has 0 bridgehead atoms. The quantitative estimate of drug-likeness (QED) is 0.498. The second-order valence-electron chi connectivity index (χ2n) is 7.06. The third-order valence-corrected chi connectivity index (χ3v) is 6.24. The summed E-state index contributed by atoms with van der Waals surface area (Å²) in [7, 11) is -3.60. The molecule has 1 aromatic carbocycles. The summed E-state index contributed by atoms with van der Waals surface area (Å²) < 4.78 is 32.3. The molecule has 1 aliphatic heterocycles. The zero-order valence-electron chi connectivity index (χ0n) is 17.1. The number of hydrogen-bond donors (Lipinski definition) is 2. The number of rotatable bonds is 12. The minimum Gasteiger partial charge on any atom is -0.382 e. The fourth-order valence-electron chi connectivity index (χ4n) is 3.08. The van der Waals surface area contributed by atoms with Gasteiger partial charge < -0.3 is 15.0 Å². The van der Waals surface area contributed by atoms with Gasteiger partial charge in [0.05, 0.1) is 10.8 Å². The van der Waals surface area contributed by atoms with Crippen molar-refractivity contribution in [2.45, 2.75) is 44.4 Å². The lowest BCUT2D eigenvalue weighted by Crippen LogP contribution is -2.29. The fraction of sp³-hybridized carbons (Fsp3) is 0.600. The molecule has 0 aromatic heterocycles. The van der Waals surface area contributed by atoms with Crippen molar-refractivity contribution >= 4 is 27.5 Å². The number of unbranched alkanes of at least 4 members (excludes halogenated alkanes) is 1. The number of ether oxygens (including phenoxy) is 1. The van der Waals surface area contributed by atoms with Gasteiger partial charge in [0, 0.05) is 45.0 Å². The summed E-state index contributed by atoms with van der Waals surface area (Å²) in [5, 5.41) is 2.78. The largest absolute Gasteiger partial charge is 0.382 e. The van der Waals surface area contributed by atoms with Crippen molar-refractivity contribution in [3.05, 3.63) is 24.3 Å². The Balaban J connectivity index is 1.87. The summed E-state index contributed by atoms with van der Waals surface area (Å²) >= 11 is 0. The van der Waals surface area contributed by atoms with E-state index < -0.39 is 10.0 Å². The SMILES string of the molecule is CCCCN1C[C@H](C(=O)Nc2ccc(S(=O)(=O)NCCCOCC)cc2)CC1=O. The van der Waals surface area contributed by atoms with E-state index in [0.29, 0.717) is 45.0 Å². The van der Waals surface area contributed by atoms with E-state index in [1.807, 2.05) is 6.92 Å². The van der Waals surface area contributed by atoms with Crippen LogP contribution in [0.1, 0.15) is 39.5 Å². The highest BCUT2D eigenvalue weighted by atomic mass is 32.2. The Morgan fingerprint density at radius 3 is 2.59 bits per heavy atom. The molecule has 29 heavy (non-hydrogen) atoms. The number of sulfonamides is 1. The van der Waals surface area contributed by atoms with E-state index in [9.17, 15) is 18.0 Å². The maximum Gasteiger partial charge on any atom is 0.240 e. The van der Waals surface area contributed by atoms with Gasteiger partial charge in [-0.1, -0.05) is 13.3 Å². The molecule has 0 saturated carbocycles. The first kappa shape index (κ1) is 23.3. The molecule has 1 saturated heterocycles. The molecule has 0 radical (unpaired) electrons. The summed E-state index contributed by atoms with van der Waals surface area (Å²) in [5.41, 5.74) is 0.504. The van der Waals surface area contributed by atoms with E-state index in [1.165, 1.54) is 12.1 Å². The van der Waals surface area contributed by atoms with Crippen LogP contribution in [0.15, 0.2) is 29.2 Å².